The second-order valence-electron chi connectivity index (χ2n) is 8.87. The molecule has 1 saturated heterocycles. The molecule has 0 radical (unpaired) electrons. The number of nitrogens with one attached hydrogen (secondary N) is 1. The molecule has 0 unspecified atom stereocenters. The third kappa shape index (κ3) is 5.61. The van der Waals surface area contributed by atoms with Gasteiger partial charge in [0.15, 0.2) is 0 Å². The van der Waals surface area contributed by atoms with Gasteiger partial charge in [0.1, 0.15) is 0 Å². The summed E-state index contributed by atoms with van der Waals surface area (Å²) in [5.74, 6) is 1.16. The van der Waals surface area contributed by atoms with Crippen molar-refractivity contribution in [3.05, 3.63) is 17.0 Å². The predicted octanol–water partition coefficient (Wildman–Crippen LogP) is 3.39. The van der Waals surface area contributed by atoms with Crippen molar-refractivity contribution < 1.29 is 9.59 Å². The standard InChI is InChI=1S/C23H38N4O2/c1-4-27-18(3)21(17(2)25-27)10-13-24-22(28)16-19-11-14-26(15-12-19)23(29)20-8-6-5-7-9-20/h19-20H,4-16H2,1-3H3,(H,24,28). The number of amides is 2. The summed E-state index contributed by atoms with van der Waals surface area (Å²) in [6.07, 6.45) is 9.13. The third-order valence-electron chi connectivity index (χ3n) is 6.88. The van der Waals surface area contributed by atoms with E-state index in [9.17, 15) is 9.59 Å². The van der Waals surface area contributed by atoms with E-state index < -0.39 is 0 Å². The normalized spacial score (nSPS) is 18.8. The highest BCUT2D eigenvalue weighted by Crippen LogP contribution is 2.28. The maximum absolute atomic E-state index is 12.7. The topological polar surface area (TPSA) is 67.2 Å². The number of likely N-dealkylation sites (tertiary alicyclic amines) is 1. The highest BCUT2D eigenvalue weighted by Gasteiger charge is 2.29. The summed E-state index contributed by atoms with van der Waals surface area (Å²) in [6.45, 7) is 9.42. The van der Waals surface area contributed by atoms with Crippen LogP contribution in [0, 0.1) is 25.7 Å². The molecule has 1 aromatic rings. The molecule has 1 N–H and O–H groups in total. The van der Waals surface area contributed by atoms with E-state index in [1.165, 1.54) is 30.5 Å². The van der Waals surface area contributed by atoms with Gasteiger partial charge in [0.25, 0.3) is 0 Å². The molecular formula is C23H38N4O2. The minimum absolute atomic E-state index is 0.139. The number of nitrogens with zero attached hydrogens (tertiary/aromatic N) is 3. The highest BCUT2D eigenvalue weighted by atomic mass is 16.2. The van der Waals surface area contributed by atoms with E-state index in [0.717, 1.165) is 57.4 Å². The lowest BCUT2D eigenvalue weighted by molar-refractivity contribution is -0.138. The molecule has 0 atom stereocenters. The van der Waals surface area contributed by atoms with Gasteiger partial charge in [-0.25, -0.2) is 0 Å². The average molecular weight is 403 g/mol. The van der Waals surface area contributed by atoms with Crippen LogP contribution >= 0.6 is 0 Å². The number of aromatic nitrogens is 2. The Bertz CT molecular complexity index is 698. The number of rotatable bonds is 7. The van der Waals surface area contributed by atoms with Gasteiger partial charge >= 0.3 is 0 Å². The second kappa shape index (κ2) is 10.3. The Balaban J connectivity index is 1.36. The van der Waals surface area contributed by atoms with Gasteiger partial charge < -0.3 is 10.2 Å². The Kier molecular flexibility index (Phi) is 7.73. The minimum atomic E-state index is 0.139. The van der Waals surface area contributed by atoms with Crippen molar-refractivity contribution in [1.82, 2.24) is 20.0 Å². The van der Waals surface area contributed by atoms with Crippen molar-refractivity contribution in [2.24, 2.45) is 11.8 Å². The Morgan fingerprint density at radius 2 is 1.76 bits per heavy atom. The number of hydrogen-bond acceptors (Lipinski definition) is 3. The van der Waals surface area contributed by atoms with E-state index in [1.807, 2.05) is 11.6 Å². The van der Waals surface area contributed by atoms with Gasteiger partial charge in [0.2, 0.25) is 11.8 Å². The molecular weight excluding hydrogens is 364 g/mol. The summed E-state index contributed by atoms with van der Waals surface area (Å²) >= 11 is 0. The first-order valence-electron chi connectivity index (χ1n) is 11.6. The molecule has 162 valence electrons. The summed E-state index contributed by atoms with van der Waals surface area (Å²) in [5.41, 5.74) is 3.52. The number of carbonyl (C=O) groups is 2. The first kappa shape index (κ1) is 21.8. The van der Waals surface area contributed by atoms with Gasteiger partial charge in [0.05, 0.1) is 5.69 Å². The summed E-state index contributed by atoms with van der Waals surface area (Å²) in [5, 5.41) is 7.64. The minimum Gasteiger partial charge on any atom is -0.356 e. The number of piperidine rings is 1. The van der Waals surface area contributed by atoms with E-state index in [0.29, 0.717) is 24.8 Å². The van der Waals surface area contributed by atoms with Gasteiger partial charge in [0, 0.05) is 44.2 Å². The van der Waals surface area contributed by atoms with Crippen molar-refractivity contribution in [3.63, 3.8) is 0 Å². The Morgan fingerprint density at radius 3 is 2.38 bits per heavy atom. The second-order valence-corrected chi connectivity index (χ2v) is 8.87. The molecule has 2 amide bonds. The van der Waals surface area contributed by atoms with Gasteiger partial charge in [-0.3, -0.25) is 14.3 Å². The van der Waals surface area contributed by atoms with Crippen LogP contribution in [0.25, 0.3) is 0 Å². The summed E-state index contributed by atoms with van der Waals surface area (Å²) in [6, 6.07) is 0. The predicted molar refractivity (Wildman–Crippen MR) is 115 cm³/mol. The third-order valence-corrected chi connectivity index (χ3v) is 6.88. The van der Waals surface area contributed by atoms with Crippen LogP contribution in [0.5, 0.6) is 0 Å². The summed E-state index contributed by atoms with van der Waals surface area (Å²) < 4.78 is 2.02. The molecule has 0 bridgehead atoms. The Labute approximate surface area is 175 Å². The van der Waals surface area contributed by atoms with Crippen molar-refractivity contribution in [2.75, 3.05) is 19.6 Å². The van der Waals surface area contributed by atoms with Gasteiger partial charge in [-0.1, -0.05) is 19.3 Å². The lowest BCUT2D eigenvalue weighted by atomic mass is 9.87. The zero-order chi connectivity index (χ0) is 20.8. The fourth-order valence-electron chi connectivity index (χ4n) is 5.03. The van der Waals surface area contributed by atoms with E-state index in [2.05, 4.69) is 29.2 Å². The molecule has 1 aliphatic heterocycles. The fourth-order valence-corrected chi connectivity index (χ4v) is 5.03. The van der Waals surface area contributed by atoms with Crippen LogP contribution in [0.2, 0.25) is 0 Å². The molecule has 3 rings (SSSR count). The quantitative estimate of drug-likeness (QED) is 0.760. The van der Waals surface area contributed by atoms with Crippen LogP contribution in [0.1, 0.15) is 75.2 Å². The molecule has 2 heterocycles. The Morgan fingerprint density at radius 1 is 1.07 bits per heavy atom. The molecule has 0 aromatic carbocycles. The van der Waals surface area contributed by atoms with E-state index in [4.69, 9.17) is 0 Å². The van der Waals surface area contributed by atoms with Gasteiger partial charge in [-0.15, -0.1) is 0 Å². The van der Waals surface area contributed by atoms with Crippen LogP contribution in [0.3, 0.4) is 0 Å². The lowest BCUT2D eigenvalue weighted by Crippen LogP contribution is -2.43. The molecule has 29 heavy (non-hydrogen) atoms. The largest absolute Gasteiger partial charge is 0.356 e. The summed E-state index contributed by atoms with van der Waals surface area (Å²) in [4.78, 5) is 27.1. The monoisotopic (exact) mass is 402 g/mol. The van der Waals surface area contributed by atoms with Crippen LogP contribution in [-0.2, 0) is 22.6 Å². The van der Waals surface area contributed by atoms with Crippen LogP contribution in [0.4, 0.5) is 0 Å². The number of carbonyl (C=O) groups excluding carboxylic acids is 2. The molecule has 2 aliphatic rings. The highest BCUT2D eigenvalue weighted by molar-refractivity contribution is 5.79. The molecule has 0 spiro atoms. The zero-order valence-electron chi connectivity index (χ0n) is 18.5. The van der Waals surface area contributed by atoms with E-state index in [1.54, 1.807) is 0 Å². The van der Waals surface area contributed by atoms with E-state index >= 15 is 0 Å². The molecule has 2 fully saturated rings. The van der Waals surface area contributed by atoms with Crippen LogP contribution < -0.4 is 5.32 Å². The average Bonchev–Trinajstić information content (AvgIpc) is 3.02. The number of hydrogen-bond donors (Lipinski definition) is 1. The van der Waals surface area contributed by atoms with Crippen molar-refractivity contribution in [3.8, 4) is 0 Å². The Hall–Kier alpha value is -1.85. The van der Waals surface area contributed by atoms with Gasteiger partial charge in [-0.2, -0.15) is 5.10 Å². The first-order chi connectivity index (χ1) is 14.0. The van der Waals surface area contributed by atoms with Crippen LogP contribution in [-0.4, -0.2) is 46.1 Å². The molecule has 6 heteroatoms. The SMILES string of the molecule is CCn1nc(C)c(CCNC(=O)CC2CCN(C(=O)C3CCCCC3)CC2)c1C. The first-order valence-corrected chi connectivity index (χ1v) is 11.6. The maximum atomic E-state index is 12.7. The number of aryl methyl sites for hydroxylation is 2. The smallest absolute Gasteiger partial charge is 0.225 e. The summed E-state index contributed by atoms with van der Waals surface area (Å²) in [7, 11) is 0. The van der Waals surface area contributed by atoms with E-state index in [-0.39, 0.29) is 11.8 Å². The molecule has 6 nitrogen and oxygen atoms in total. The molecule has 1 aliphatic carbocycles. The fraction of sp³-hybridized carbons (Fsp3) is 0.783. The zero-order valence-corrected chi connectivity index (χ0v) is 18.5. The van der Waals surface area contributed by atoms with Crippen molar-refractivity contribution in [1.29, 1.82) is 0 Å². The van der Waals surface area contributed by atoms with Crippen LogP contribution in [0.15, 0.2) is 0 Å². The van der Waals surface area contributed by atoms with Crippen molar-refractivity contribution in [2.45, 2.75) is 85.1 Å². The molecule has 1 aromatic heterocycles. The molecule has 1 saturated carbocycles. The lowest BCUT2D eigenvalue weighted by Gasteiger charge is -2.35. The van der Waals surface area contributed by atoms with Crippen molar-refractivity contribution >= 4 is 11.8 Å². The maximum Gasteiger partial charge on any atom is 0.225 e. The van der Waals surface area contributed by atoms with Gasteiger partial charge in [-0.05, 0) is 64.4 Å².